The number of carbonyl (C=O) groups is 2. The normalized spacial score (nSPS) is 17.8. The quantitative estimate of drug-likeness (QED) is 0.515. The molecule has 0 aliphatic carbocycles. The van der Waals surface area contributed by atoms with Crippen LogP contribution in [0.3, 0.4) is 0 Å². The van der Waals surface area contributed by atoms with Crippen LogP contribution in [0.1, 0.15) is 45.3 Å². The molecule has 0 spiro atoms. The summed E-state index contributed by atoms with van der Waals surface area (Å²) >= 11 is 0. The molecule has 0 saturated carbocycles. The van der Waals surface area contributed by atoms with Gasteiger partial charge in [-0.3, -0.25) is 9.59 Å². The van der Waals surface area contributed by atoms with Crippen LogP contribution < -0.4 is 11.1 Å². The number of hydrogen-bond acceptors (Lipinski definition) is 5. The van der Waals surface area contributed by atoms with Crippen molar-refractivity contribution in [2.75, 3.05) is 0 Å². The number of nitrogens with one attached hydrogen (secondary N) is 1. The highest BCUT2D eigenvalue weighted by atomic mass is 16.2. The maximum atomic E-state index is 13.0. The van der Waals surface area contributed by atoms with Gasteiger partial charge in [-0.15, -0.1) is 5.10 Å². The summed E-state index contributed by atoms with van der Waals surface area (Å²) in [6.45, 7) is 4.59. The molecule has 3 N–H and O–H groups in total. The van der Waals surface area contributed by atoms with Gasteiger partial charge in [-0.05, 0) is 73.5 Å². The van der Waals surface area contributed by atoms with Gasteiger partial charge in [0.25, 0.3) is 11.8 Å². The molecule has 2 aromatic heterocycles. The molecule has 0 fully saturated rings. The van der Waals surface area contributed by atoms with E-state index >= 15 is 0 Å². The Morgan fingerprint density at radius 2 is 1.94 bits per heavy atom. The van der Waals surface area contributed by atoms with E-state index in [0.717, 1.165) is 27.8 Å². The van der Waals surface area contributed by atoms with Gasteiger partial charge < -0.3 is 15.6 Å². The summed E-state index contributed by atoms with van der Waals surface area (Å²) < 4.78 is 3.65. The van der Waals surface area contributed by atoms with Crippen LogP contribution >= 0.6 is 0 Å². The number of fused-ring (bicyclic) bond motifs is 3. The Morgan fingerprint density at radius 3 is 2.62 bits per heavy atom. The third-order valence-electron chi connectivity index (χ3n) is 6.15. The number of nitrogens with two attached hydrogens (primary N) is 1. The zero-order valence-electron chi connectivity index (χ0n) is 17.9. The zero-order valence-corrected chi connectivity index (χ0v) is 17.9. The number of aryl methyl sites for hydroxylation is 1. The highest BCUT2D eigenvalue weighted by Gasteiger charge is 2.35. The van der Waals surface area contributed by atoms with E-state index in [1.807, 2.05) is 32.0 Å². The Labute approximate surface area is 184 Å². The lowest BCUT2D eigenvalue weighted by Crippen LogP contribution is -2.51. The Morgan fingerprint density at radius 1 is 1.16 bits per heavy atom. The van der Waals surface area contributed by atoms with Crippen molar-refractivity contribution in [3.63, 3.8) is 0 Å². The van der Waals surface area contributed by atoms with Crippen LogP contribution in [-0.2, 0) is 13.0 Å². The Hall–Kier alpha value is -4.01. The average molecular weight is 429 g/mol. The van der Waals surface area contributed by atoms with E-state index in [-0.39, 0.29) is 5.91 Å². The van der Waals surface area contributed by atoms with Gasteiger partial charge in [-0.2, -0.15) is 0 Å². The number of nitrogens with zero attached hydrogens (tertiary/aromatic N) is 5. The molecule has 9 heteroatoms. The van der Waals surface area contributed by atoms with Crippen molar-refractivity contribution in [1.29, 1.82) is 0 Å². The topological polar surface area (TPSA) is 121 Å². The van der Waals surface area contributed by atoms with Crippen LogP contribution in [0, 0.1) is 6.92 Å². The van der Waals surface area contributed by atoms with Gasteiger partial charge in [0.15, 0.2) is 0 Å². The zero-order chi connectivity index (χ0) is 22.5. The summed E-state index contributed by atoms with van der Waals surface area (Å²) in [7, 11) is 0. The molecule has 0 unspecified atom stereocenters. The summed E-state index contributed by atoms with van der Waals surface area (Å²) in [6.07, 6.45) is 2.86. The van der Waals surface area contributed by atoms with Crippen molar-refractivity contribution >= 4 is 22.7 Å². The van der Waals surface area contributed by atoms with Crippen molar-refractivity contribution in [3.05, 3.63) is 71.2 Å². The van der Waals surface area contributed by atoms with Crippen LogP contribution in [0.4, 0.5) is 0 Å². The van der Waals surface area contributed by atoms with Gasteiger partial charge in [0.05, 0.1) is 16.8 Å². The number of tetrazole rings is 1. The standard InChI is InChI=1S/C23H23N7O2/c1-14-3-8-18-17(11-14)20(21(24)31)19-9-10-23(2,12-29(18)19)26-22(32)15-4-6-16(7-5-15)30-13-25-27-28-30/h3-8,11,13H,9-10,12H2,1-2H3,(H2,24,31)(H,26,32)/t23-/m1/s1. The fourth-order valence-electron chi connectivity index (χ4n) is 4.55. The number of amides is 2. The van der Waals surface area contributed by atoms with E-state index in [2.05, 4.69) is 25.4 Å². The number of hydrogen-bond donors (Lipinski definition) is 2. The summed E-state index contributed by atoms with van der Waals surface area (Å²) in [5.74, 6) is -0.564. The first-order valence-electron chi connectivity index (χ1n) is 10.4. The molecule has 2 amide bonds. The van der Waals surface area contributed by atoms with Crippen molar-refractivity contribution in [2.45, 2.75) is 38.8 Å². The number of aromatic nitrogens is 5. The lowest BCUT2D eigenvalue weighted by atomic mass is 9.89. The first-order chi connectivity index (χ1) is 15.3. The van der Waals surface area contributed by atoms with Gasteiger partial charge in [0, 0.05) is 28.7 Å². The largest absolute Gasteiger partial charge is 0.366 e. The first-order valence-corrected chi connectivity index (χ1v) is 10.4. The van der Waals surface area contributed by atoms with Crippen LogP contribution in [0.25, 0.3) is 16.6 Å². The van der Waals surface area contributed by atoms with Gasteiger partial charge in [0.1, 0.15) is 6.33 Å². The molecule has 2 aromatic carbocycles. The number of primary amides is 1. The molecular formula is C23H23N7O2. The highest BCUT2D eigenvalue weighted by molar-refractivity contribution is 6.08. The van der Waals surface area contributed by atoms with E-state index in [1.54, 1.807) is 24.3 Å². The van der Waals surface area contributed by atoms with Gasteiger partial charge in [0.2, 0.25) is 0 Å². The lowest BCUT2D eigenvalue weighted by Gasteiger charge is -2.36. The molecule has 1 aliphatic heterocycles. The third-order valence-corrected chi connectivity index (χ3v) is 6.15. The fourth-order valence-corrected chi connectivity index (χ4v) is 4.55. The van der Waals surface area contributed by atoms with Crippen molar-refractivity contribution in [1.82, 2.24) is 30.1 Å². The Balaban J connectivity index is 1.42. The minimum Gasteiger partial charge on any atom is -0.366 e. The highest BCUT2D eigenvalue weighted by Crippen LogP contribution is 2.34. The SMILES string of the molecule is Cc1ccc2c(c1)c(C(N)=O)c1n2C[C@](C)(NC(=O)c2ccc(-n3cnnn3)cc2)CC1. The van der Waals surface area contributed by atoms with E-state index in [9.17, 15) is 9.59 Å². The van der Waals surface area contributed by atoms with Crippen molar-refractivity contribution in [3.8, 4) is 5.69 Å². The molecule has 0 bridgehead atoms. The van der Waals surface area contributed by atoms with Crippen LogP contribution in [-0.4, -0.2) is 42.1 Å². The molecule has 1 aliphatic rings. The molecule has 5 rings (SSSR count). The third kappa shape index (κ3) is 3.31. The second-order valence-corrected chi connectivity index (χ2v) is 8.61. The lowest BCUT2D eigenvalue weighted by molar-refractivity contribution is 0.0881. The van der Waals surface area contributed by atoms with E-state index in [1.165, 1.54) is 11.0 Å². The molecule has 9 nitrogen and oxygen atoms in total. The Kier molecular flexibility index (Phi) is 4.54. The van der Waals surface area contributed by atoms with E-state index in [0.29, 0.717) is 30.5 Å². The van der Waals surface area contributed by atoms with E-state index in [4.69, 9.17) is 5.73 Å². The molecule has 4 aromatic rings. The fraction of sp³-hybridized carbons (Fsp3) is 0.261. The van der Waals surface area contributed by atoms with Gasteiger partial charge >= 0.3 is 0 Å². The summed E-state index contributed by atoms with van der Waals surface area (Å²) in [5.41, 5.74) is 10.2. The number of benzene rings is 2. The van der Waals surface area contributed by atoms with Crippen molar-refractivity contribution < 1.29 is 9.59 Å². The van der Waals surface area contributed by atoms with Crippen molar-refractivity contribution in [2.24, 2.45) is 5.73 Å². The van der Waals surface area contributed by atoms with Crippen LogP contribution in [0.5, 0.6) is 0 Å². The molecule has 1 atom stereocenters. The minimum absolute atomic E-state index is 0.151. The smallest absolute Gasteiger partial charge is 0.251 e. The van der Waals surface area contributed by atoms with Crippen LogP contribution in [0.2, 0.25) is 0 Å². The summed E-state index contributed by atoms with van der Waals surface area (Å²) in [6, 6.07) is 13.2. The second-order valence-electron chi connectivity index (χ2n) is 8.61. The molecule has 162 valence electrons. The first kappa shape index (κ1) is 19.9. The molecular weight excluding hydrogens is 406 g/mol. The molecule has 0 radical (unpaired) electrons. The monoisotopic (exact) mass is 429 g/mol. The second kappa shape index (κ2) is 7.30. The van der Waals surface area contributed by atoms with Gasteiger partial charge in [-0.1, -0.05) is 11.6 Å². The maximum absolute atomic E-state index is 13.0. The molecule has 0 saturated heterocycles. The predicted molar refractivity (Wildman–Crippen MR) is 119 cm³/mol. The average Bonchev–Trinajstić information content (AvgIpc) is 3.39. The summed E-state index contributed by atoms with van der Waals surface area (Å²) in [5, 5.41) is 15.2. The summed E-state index contributed by atoms with van der Waals surface area (Å²) in [4.78, 5) is 25.2. The van der Waals surface area contributed by atoms with E-state index < -0.39 is 11.4 Å². The maximum Gasteiger partial charge on any atom is 0.251 e. The van der Waals surface area contributed by atoms with Gasteiger partial charge in [-0.25, -0.2) is 4.68 Å². The minimum atomic E-state index is -0.468. The van der Waals surface area contributed by atoms with Crippen LogP contribution in [0.15, 0.2) is 48.8 Å². The number of carbonyl (C=O) groups excluding carboxylic acids is 2. The molecule has 32 heavy (non-hydrogen) atoms. The Bertz CT molecular complexity index is 1340. The number of rotatable bonds is 4. The predicted octanol–water partition coefficient (Wildman–Crippen LogP) is 2.16. The molecule has 3 heterocycles.